The summed E-state index contributed by atoms with van der Waals surface area (Å²) in [6.45, 7) is 8.59. The van der Waals surface area contributed by atoms with Crippen LogP contribution in [0.1, 0.15) is 47.3 Å². The summed E-state index contributed by atoms with van der Waals surface area (Å²) < 4.78 is 13.3. The van der Waals surface area contributed by atoms with E-state index >= 15 is 0 Å². The zero-order chi connectivity index (χ0) is 21.4. The fraction of sp³-hybridized carbons (Fsp3) is 0.348. The first kappa shape index (κ1) is 20.1. The van der Waals surface area contributed by atoms with Crippen LogP contribution < -0.4 is 4.74 Å². The minimum Gasteiger partial charge on any atom is -0.405 e. The highest BCUT2D eigenvalue weighted by Gasteiger charge is 2.47. The lowest BCUT2D eigenvalue weighted by atomic mass is 10.0. The van der Waals surface area contributed by atoms with Crippen molar-refractivity contribution in [2.24, 2.45) is 0 Å². The molecule has 1 amide bonds. The lowest BCUT2D eigenvalue weighted by molar-refractivity contribution is 0.0950. The van der Waals surface area contributed by atoms with E-state index in [0.29, 0.717) is 24.3 Å². The van der Waals surface area contributed by atoms with Gasteiger partial charge in [-0.05, 0) is 39.3 Å². The molecule has 2 atom stereocenters. The molecule has 0 aliphatic carbocycles. The molecule has 1 fully saturated rings. The molecular weight excluding hydrogens is 382 g/mol. The SMILES string of the molecule is CCN(CC)C(=O)Oc1c(C(=O)C2OC2c2ccccc2)ccn2c(C)c(C)nc12. The molecule has 1 aromatic carbocycles. The number of carbonyl (C=O) groups is 2. The third-order valence-electron chi connectivity index (χ3n) is 5.58. The summed E-state index contributed by atoms with van der Waals surface area (Å²) in [6, 6.07) is 11.3. The van der Waals surface area contributed by atoms with Crippen molar-refractivity contribution in [3.8, 4) is 5.75 Å². The Balaban J connectivity index is 1.72. The molecule has 0 N–H and O–H groups in total. The molecule has 2 aromatic heterocycles. The maximum absolute atomic E-state index is 13.3. The van der Waals surface area contributed by atoms with E-state index in [4.69, 9.17) is 9.47 Å². The van der Waals surface area contributed by atoms with Crippen molar-refractivity contribution in [3.05, 3.63) is 65.1 Å². The second kappa shape index (κ2) is 7.91. The van der Waals surface area contributed by atoms with Crippen molar-refractivity contribution < 1.29 is 19.1 Å². The number of amides is 1. The summed E-state index contributed by atoms with van der Waals surface area (Å²) in [4.78, 5) is 32.1. The van der Waals surface area contributed by atoms with Gasteiger partial charge in [0.1, 0.15) is 6.10 Å². The van der Waals surface area contributed by atoms with E-state index in [-0.39, 0.29) is 17.6 Å². The van der Waals surface area contributed by atoms with Crippen LogP contribution in [0.15, 0.2) is 42.6 Å². The summed E-state index contributed by atoms with van der Waals surface area (Å²) in [5, 5.41) is 0. The maximum Gasteiger partial charge on any atom is 0.415 e. The molecule has 156 valence electrons. The van der Waals surface area contributed by atoms with Crippen LogP contribution in [0.2, 0.25) is 0 Å². The second-order valence-electron chi connectivity index (χ2n) is 7.33. The Morgan fingerprint density at radius 2 is 1.83 bits per heavy atom. The normalized spacial score (nSPS) is 17.7. The zero-order valence-electron chi connectivity index (χ0n) is 17.6. The van der Waals surface area contributed by atoms with E-state index in [0.717, 1.165) is 17.0 Å². The number of pyridine rings is 1. The van der Waals surface area contributed by atoms with Crippen LogP contribution in [-0.4, -0.2) is 45.4 Å². The molecule has 7 heteroatoms. The molecule has 0 saturated carbocycles. The van der Waals surface area contributed by atoms with Crippen molar-refractivity contribution in [3.63, 3.8) is 0 Å². The lowest BCUT2D eigenvalue weighted by Crippen LogP contribution is -2.33. The van der Waals surface area contributed by atoms with Crippen molar-refractivity contribution >= 4 is 17.5 Å². The average molecular weight is 407 g/mol. The molecule has 0 radical (unpaired) electrons. The van der Waals surface area contributed by atoms with Crippen LogP contribution in [0, 0.1) is 13.8 Å². The van der Waals surface area contributed by atoms with Gasteiger partial charge in [0.05, 0.1) is 11.3 Å². The van der Waals surface area contributed by atoms with E-state index in [9.17, 15) is 9.59 Å². The summed E-state index contributed by atoms with van der Waals surface area (Å²) in [7, 11) is 0. The van der Waals surface area contributed by atoms with Gasteiger partial charge in [0.15, 0.2) is 23.3 Å². The zero-order valence-corrected chi connectivity index (χ0v) is 17.6. The minimum absolute atomic E-state index is 0.179. The van der Waals surface area contributed by atoms with E-state index in [1.807, 2.05) is 62.4 Å². The summed E-state index contributed by atoms with van der Waals surface area (Å²) in [5.74, 6) is -0.0371. The largest absolute Gasteiger partial charge is 0.415 e. The van der Waals surface area contributed by atoms with Gasteiger partial charge in [0.2, 0.25) is 0 Å². The number of carbonyl (C=O) groups excluding carboxylic acids is 2. The highest BCUT2D eigenvalue weighted by molar-refractivity contribution is 6.05. The lowest BCUT2D eigenvalue weighted by Gasteiger charge is -2.19. The summed E-state index contributed by atoms with van der Waals surface area (Å²) in [5.41, 5.74) is 3.44. The number of fused-ring (bicyclic) bond motifs is 1. The van der Waals surface area contributed by atoms with E-state index < -0.39 is 12.2 Å². The Morgan fingerprint density at radius 1 is 1.13 bits per heavy atom. The van der Waals surface area contributed by atoms with Gasteiger partial charge in [-0.3, -0.25) is 4.79 Å². The van der Waals surface area contributed by atoms with Gasteiger partial charge < -0.3 is 18.8 Å². The number of nitrogens with zero attached hydrogens (tertiary/aromatic N) is 3. The number of hydrogen-bond acceptors (Lipinski definition) is 5. The van der Waals surface area contributed by atoms with Crippen LogP contribution in [0.3, 0.4) is 0 Å². The molecule has 1 aliphatic heterocycles. The van der Waals surface area contributed by atoms with Crippen LogP contribution in [-0.2, 0) is 4.74 Å². The molecule has 1 aliphatic rings. The van der Waals surface area contributed by atoms with Crippen molar-refractivity contribution in [2.75, 3.05) is 13.1 Å². The van der Waals surface area contributed by atoms with Gasteiger partial charge >= 0.3 is 6.09 Å². The third-order valence-corrected chi connectivity index (χ3v) is 5.58. The first-order chi connectivity index (χ1) is 14.5. The van der Waals surface area contributed by atoms with Crippen molar-refractivity contribution in [1.29, 1.82) is 0 Å². The molecule has 0 spiro atoms. The smallest absolute Gasteiger partial charge is 0.405 e. The number of ether oxygens (including phenoxy) is 2. The molecule has 4 rings (SSSR count). The van der Waals surface area contributed by atoms with Crippen LogP contribution in [0.5, 0.6) is 5.75 Å². The summed E-state index contributed by atoms with van der Waals surface area (Å²) >= 11 is 0. The Kier molecular flexibility index (Phi) is 5.30. The second-order valence-corrected chi connectivity index (χ2v) is 7.33. The molecule has 30 heavy (non-hydrogen) atoms. The van der Waals surface area contributed by atoms with E-state index in [1.165, 1.54) is 0 Å². The number of hydrogen-bond donors (Lipinski definition) is 0. The number of rotatable bonds is 6. The molecular formula is C23H25N3O4. The van der Waals surface area contributed by atoms with Crippen molar-refractivity contribution in [1.82, 2.24) is 14.3 Å². The highest BCUT2D eigenvalue weighted by Crippen LogP contribution is 2.42. The standard InChI is InChI=1S/C23H25N3O4/c1-5-25(6-2)23(28)30-20-17(12-13-26-15(4)14(3)24-22(20)26)18(27)21-19(29-21)16-10-8-7-9-11-16/h7-13,19,21H,5-6H2,1-4H3. The average Bonchev–Trinajstić information content (AvgIpc) is 3.50. The third kappa shape index (κ3) is 3.45. The Labute approximate surface area is 175 Å². The fourth-order valence-electron chi connectivity index (χ4n) is 3.60. The number of ketones is 1. The quantitative estimate of drug-likeness (QED) is 0.454. The van der Waals surface area contributed by atoms with Gasteiger partial charge in [0.25, 0.3) is 0 Å². The fourth-order valence-corrected chi connectivity index (χ4v) is 3.60. The van der Waals surface area contributed by atoms with Gasteiger partial charge in [-0.1, -0.05) is 30.3 Å². The predicted molar refractivity (Wildman–Crippen MR) is 112 cm³/mol. The molecule has 1 saturated heterocycles. The number of benzene rings is 1. The number of aryl methyl sites for hydroxylation is 2. The molecule has 7 nitrogen and oxygen atoms in total. The van der Waals surface area contributed by atoms with Gasteiger partial charge in [-0.25, -0.2) is 9.78 Å². The number of Topliss-reactive ketones (excluding diaryl/α,β-unsaturated/α-hetero) is 1. The number of epoxide rings is 1. The Hall–Kier alpha value is -3.19. The van der Waals surface area contributed by atoms with Gasteiger partial charge in [-0.2, -0.15) is 0 Å². The van der Waals surface area contributed by atoms with Gasteiger partial charge in [-0.15, -0.1) is 0 Å². The first-order valence-corrected chi connectivity index (χ1v) is 10.2. The predicted octanol–water partition coefficient (Wildman–Crippen LogP) is 4.11. The molecule has 0 bridgehead atoms. The maximum atomic E-state index is 13.3. The van der Waals surface area contributed by atoms with E-state index in [2.05, 4.69) is 4.98 Å². The number of aromatic nitrogens is 2. The first-order valence-electron chi connectivity index (χ1n) is 10.2. The molecule has 3 heterocycles. The molecule has 2 unspecified atom stereocenters. The van der Waals surface area contributed by atoms with Crippen LogP contribution in [0.4, 0.5) is 4.79 Å². The molecule has 3 aromatic rings. The monoisotopic (exact) mass is 407 g/mol. The van der Waals surface area contributed by atoms with E-state index in [1.54, 1.807) is 17.2 Å². The van der Waals surface area contributed by atoms with Crippen molar-refractivity contribution in [2.45, 2.75) is 39.9 Å². The topological polar surface area (TPSA) is 76.4 Å². The Morgan fingerprint density at radius 3 is 2.50 bits per heavy atom. The van der Waals surface area contributed by atoms with Gasteiger partial charge in [0, 0.05) is 25.0 Å². The highest BCUT2D eigenvalue weighted by atomic mass is 16.6. The minimum atomic E-state index is -0.599. The van der Waals surface area contributed by atoms with Crippen LogP contribution >= 0.6 is 0 Å². The summed E-state index contributed by atoms with van der Waals surface area (Å²) in [6.07, 6.45) is 0.395. The number of imidazole rings is 1. The Bertz CT molecular complexity index is 1100. The van der Waals surface area contributed by atoms with Crippen LogP contribution in [0.25, 0.3) is 5.65 Å².